The number of rotatable bonds is 11. The molecule has 0 radical (unpaired) electrons. The van der Waals surface area contributed by atoms with Crippen LogP contribution in [0.4, 0.5) is 14.5 Å². The normalized spacial score (nSPS) is 21.0. The number of nitrogens with zero attached hydrogens (tertiary/aromatic N) is 1. The van der Waals surface area contributed by atoms with Crippen LogP contribution in [0.15, 0.2) is 36.4 Å². The van der Waals surface area contributed by atoms with E-state index in [1.807, 2.05) is 6.92 Å². The molecule has 4 rings (SSSR count). The highest BCUT2D eigenvalue weighted by molar-refractivity contribution is 5.99. The van der Waals surface area contributed by atoms with Crippen LogP contribution in [0.25, 0.3) is 0 Å². The third kappa shape index (κ3) is 6.86. The molecule has 0 bridgehead atoms. The quantitative estimate of drug-likeness (QED) is 0.411. The van der Waals surface area contributed by atoms with Crippen LogP contribution in [0, 0.1) is 11.6 Å². The van der Waals surface area contributed by atoms with Crippen LogP contribution in [0.1, 0.15) is 61.1 Å². The number of aliphatic hydroxyl groups excluding tert-OH is 1. The van der Waals surface area contributed by atoms with Gasteiger partial charge in [-0.3, -0.25) is 9.59 Å². The second-order valence-electron chi connectivity index (χ2n) is 9.87. The highest BCUT2D eigenvalue weighted by atomic mass is 19.1. The number of benzene rings is 2. The van der Waals surface area contributed by atoms with E-state index in [0.29, 0.717) is 50.4 Å². The predicted octanol–water partition coefficient (Wildman–Crippen LogP) is 3.48. The zero-order chi connectivity index (χ0) is 27.2. The number of amides is 2. The molecule has 2 aliphatic rings. The molecule has 206 valence electrons. The molecule has 2 heterocycles. The Kier molecular flexibility index (Phi) is 9.30. The van der Waals surface area contributed by atoms with Gasteiger partial charge in [-0.15, -0.1) is 0 Å². The van der Waals surface area contributed by atoms with Crippen molar-refractivity contribution in [3.05, 3.63) is 59.2 Å². The minimum Gasteiger partial charge on any atom is -0.497 e. The van der Waals surface area contributed by atoms with Crippen molar-refractivity contribution in [1.82, 2.24) is 10.6 Å². The lowest BCUT2D eigenvalue weighted by atomic mass is 9.94. The largest absolute Gasteiger partial charge is 0.497 e. The lowest BCUT2D eigenvalue weighted by Crippen LogP contribution is -2.43. The van der Waals surface area contributed by atoms with Crippen molar-refractivity contribution in [3.63, 3.8) is 0 Å². The molecule has 0 aromatic heterocycles. The topological polar surface area (TPSA) is 100 Å². The monoisotopic (exact) mass is 531 g/mol. The van der Waals surface area contributed by atoms with E-state index in [0.717, 1.165) is 31.0 Å². The average Bonchev–Trinajstić information content (AvgIpc) is 3.54. The van der Waals surface area contributed by atoms with Crippen LogP contribution in [0.2, 0.25) is 0 Å². The van der Waals surface area contributed by atoms with Crippen molar-refractivity contribution in [2.24, 2.45) is 0 Å². The van der Waals surface area contributed by atoms with Gasteiger partial charge in [-0.1, -0.05) is 6.92 Å². The Bertz CT molecular complexity index is 1130. The van der Waals surface area contributed by atoms with E-state index in [-0.39, 0.29) is 29.2 Å². The Morgan fingerprint density at radius 1 is 1.21 bits per heavy atom. The van der Waals surface area contributed by atoms with Crippen molar-refractivity contribution >= 4 is 17.5 Å². The number of anilines is 1. The van der Waals surface area contributed by atoms with E-state index in [9.17, 15) is 23.5 Å². The second kappa shape index (κ2) is 12.6. The Morgan fingerprint density at radius 3 is 2.63 bits per heavy atom. The molecule has 1 unspecified atom stereocenters. The van der Waals surface area contributed by atoms with Gasteiger partial charge in [-0.25, -0.2) is 8.78 Å². The molecule has 0 spiro atoms. The average molecular weight is 532 g/mol. The summed E-state index contributed by atoms with van der Waals surface area (Å²) in [5, 5.41) is 17.4. The number of carbonyl (C=O) groups excluding carboxylic acids is 2. The number of carbonyl (C=O) groups is 2. The van der Waals surface area contributed by atoms with Crippen LogP contribution in [0.3, 0.4) is 0 Å². The summed E-state index contributed by atoms with van der Waals surface area (Å²) in [6.07, 6.45) is 1.69. The Balaban J connectivity index is 1.57. The molecular weight excluding hydrogens is 496 g/mol. The van der Waals surface area contributed by atoms with Crippen molar-refractivity contribution in [2.75, 3.05) is 31.7 Å². The van der Waals surface area contributed by atoms with E-state index in [2.05, 4.69) is 10.6 Å². The molecule has 8 nitrogen and oxygen atoms in total. The van der Waals surface area contributed by atoms with Crippen molar-refractivity contribution in [1.29, 1.82) is 0 Å². The summed E-state index contributed by atoms with van der Waals surface area (Å²) in [7, 11) is 1.47. The van der Waals surface area contributed by atoms with Gasteiger partial charge in [0, 0.05) is 55.5 Å². The van der Waals surface area contributed by atoms with Crippen molar-refractivity contribution in [3.8, 4) is 5.75 Å². The first-order chi connectivity index (χ1) is 18.3. The Labute approximate surface area is 221 Å². The number of halogens is 2. The van der Waals surface area contributed by atoms with E-state index in [4.69, 9.17) is 9.47 Å². The maximum absolute atomic E-state index is 13.9. The van der Waals surface area contributed by atoms with Gasteiger partial charge in [0.15, 0.2) is 0 Å². The molecule has 0 aliphatic carbocycles. The first-order valence-corrected chi connectivity index (χ1v) is 13.1. The number of ether oxygens (including phenoxy) is 2. The molecule has 2 aromatic carbocycles. The predicted molar refractivity (Wildman–Crippen MR) is 138 cm³/mol. The van der Waals surface area contributed by atoms with E-state index in [1.165, 1.54) is 7.11 Å². The fourth-order valence-electron chi connectivity index (χ4n) is 5.09. The van der Waals surface area contributed by atoms with Gasteiger partial charge in [0.2, 0.25) is 5.91 Å². The zero-order valence-corrected chi connectivity index (χ0v) is 21.7. The number of hydrogen-bond acceptors (Lipinski definition) is 6. The first kappa shape index (κ1) is 27.9. The molecule has 2 aromatic rings. The molecule has 2 fully saturated rings. The van der Waals surface area contributed by atoms with Gasteiger partial charge in [-0.2, -0.15) is 0 Å². The van der Waals surface area contributed by atoms with Gasteiger partial charge in [-0.05, 0) is 55.5 Å². The van der Waals surface area contributed by atoms with Crippen LogP contribution >= 0.6 is 0 Å². The fourth-order valence-corrected chi connectivity index (χ4v) is 5.09. The lowest BCUT2D eigenvalue weighted by molar-refractivity contribution is -0.117. The highest BCUT2D eigenvalue weighted by Crippen LogP contribution is 2.29. The van der Waals surface area contributed by atoms with E-state index >= 15 is 0 Å². The summed E-state index contributed by atoms with van der Waals surface area (Å²) in [6.45, 7) is 3.86. The maximum Gasteiger partial charge on any atom is 0.251 e. The van der Waals surface area contributed by atoms with E-state index in [1.54, 1.807) is 23.1 Å². The molecule has 2 aliphatic heterocycles. The molecule has 38 heavy (non-hydrogen) atoms. The minimum absolute atomic E-state index is 0.0130. The third-order valence-electron chi connectivity index (χ3n) is 6.98. The highest BCUT2D eigenvalue weighted by Gasteiger charge is 2.32. The van der Waals surface area contributed by atoms with Crippen molar-refractivity contribution < 1.29 is 33.0 Å². The van der Waals surface area contributed by atoms with Gasteiger partial charge in [0.1, 0.15) is 17.4 Å². The summed E-state index contributed by atoms with van der Waals surface area (Å²) in [4.78, 5) is 27.4. The zero-order valence-electron chi connectivity index (χ0n) is 21.7. The smallest absolute Gasteiger partial charge is 0.251 e. The molecule has 2 amide bonds. The number of methoxy groups -OCH3 is 1. The molecule has 2 saturated heterocycles. The molecular formula is C28H35F2N3O5. The van der Waals surface area contributed by atoms with Crippen LogP contribution in [0.5, 0.6) is 5.75 Å². The first-order valence-electron chi connectivity index (χ1n) is 13.1. The van der Waals surface area contributed by atoms with Crippen molar-refractivity contribution in [2.45, 2.75) is 63.3 Å². The minimum atomic E-state index is -1.37. The summed E-state index contributed by atoms with van der Waals surface area (Å²) < 4.78 is 39.1. The molecule has 0 saturated carbocycles. The number of hydrogen-bond donors (Lipinski definition) is 3. The van der Waals surface area contributed by atoms with Crippen LogP contribution in [-0.2, 0) is 9.53 Å². The standard InChI is InChI=1S/C28H35F2N3O5/c1-3-7-38-24-13-21(31-16-24)14-25(27(35)17-8-19(29)12-20(30)9-17)32-28(36)18-10-22(15-23(11-18)37-2)33-6-4-5-26(33)34/h8-12,15,21,24-25,27,31,35H,3-7,13-14,16H2,1-2H3,(H,32,36)/t21-,24+,25-,27?/m0/s1. The molecule has 10 heteroatoms. The summed E-state index contributed by atoms with van der Waals surface area (Å²) >= 11 is 0. The SMILES string of the molecule is CCCO[C@H]1CN[C@H](C[C@H](NC(=O)c2cc(OC)cc(N3CCCC3=O)c2)C(O)c2cc(F)cc(F)c2)C1. The second-order valence-corrected chi connectivity index (χ2v) is 9.87. The fraction of sp³-hybridized carbons (Fsp3) is 0.500. The van der Waals surface area contributed by atoms with Crippen LogP contribution < -0.4 is 20.3 Å². The van der Waals surface area contributed by atoms with Gasteiger partial charge < -0.3 is 30.1 Å². The summed E-state index contributed by atoms with van der Waals surface area (Å²) in [5.41, 5.74) is 0.818. The third-order valence-corrected chi connectivity index (χ3v) is 6.98. The van der Waals surface area contributed by atoms with E-state index < -0.39 is 29.7 Å². The lowest BCUT2D eigenvalue weighted by Gasteiger charge is -2.27. The molecule has 4 atom stereocenters. The Morgan fingerprint density at radius 2 is 1.97 bits per heavy atom. The number of nitrogens with one attached hydrogen (secondary N) is 2. The summed E-state index contributed by atoms with van der Waals surface area (Å²) in [5.74, 6) is -1.76. The maximum atomic E-state index is 13.9. The van der Waals surface area contributed by atoms with Crippen LogP contribution in [-0.4, -0.2) is 61.9 Å². The summed E-state index contributed by atoms with van der Waals surface area (Å²) in [6, 6.07) is 6.75. The number of aliphatic hydroxyl groups is 1. The molecule has 3 N–H and O–H groups in total. The van der Waals surface area contributed by atoms with Gasteiger partial charge >= 0.3 is 0 Å². The van der Waals surface area contributed by atoms with Gasteiger partial charge in [0.25, 0.3) is 5.91 Å². The van der Waals surface area contributed by atoms with Gasteiger partial charge in [0.05, 0.1) is 25.4 Å². The Hall–Kier alpha value is -3.08.